The predicted molar refractivity (Wildman–Crippen MR) is 84.3 cm³/mol. The number of rotatable bonds is 1. The maximum absolute atomic E-state index is 5.60. The van der Waals surface area contributed by atoms with Crippen LogP contribution >= 0.6 is 11.3 Å². The molecule has 0 atom stereocenters. The van der Waals surface area contributed by atoms with Gasteiger partial charge in [-0.1, -0.05) is 23.5 Å². The van der Waals surface area contributed by atoms with E-state index in [0.717, 1.165) is 23.7 Å². The summed E-state index contributed by atoms with van der Waals surface area (Å²) in [6.07, 6.45) is 0. The SMILES string of the molecule is c1ccc2sc(N3CCOCCOCCOCC3)nc2c1. The van der Waals surface area contributed by atoms with Gasteiger partial charge in [0.1, 0.15) is 0 Å². The third-order valence-corrected chi connectivity index (χ3v) is 4.41. The van der Waals surface area contributed by atoms with Gasteiger partial charge >= 0.3 is 0 Å². The number of hydrogen-bond donors (Lipinski definition) is 0. The summed E-state index contributed by atoms with van der Waals surface area (Å²) in [5, 5.41) is 1.04. The number of anilines is 1. The van der Waals surface area contributed by atoms with Crippen molar-refractivity contribution in [2.24, 2.45) is 0 Å². The zero-order chi connectivity index (χ0) is 14.3. The molecule has 6 heteroatoms. The lowest BCUT2D eigenvalue weighted by atomic mass is 10.3. The molecule has 21 heavy (non-hydrogen) atoms. The fourth-order valence-electron chi connectivity index (χ4n) is 2.19. The van der Waals surface area contributed by atoms with Crippen molar-refractivity contribution < 1.29 is 14.2 Å². The summed E-state index contributed by atoms with van der Waals surface area (Å²) in [6, 6.07) is 8.23. The number of benzene rings is 1. The zero-order valence-corrected chi connectivity index (χ0v) is 12.8. The van der Waals surface area contributed by atoms with Gasteiger partial charge in [0.05, 0.1) is 49.9 Å². The van der Waals surface area contributed by atoms with E-state index in [0.29, 0.717) is 39.6 Å². The minimum absolute atomic E-state index is 0.629. The first kappa shape index (κ1) is 14.7. The third-order valence-electron chi connectivity index (χ3n) is 3.31. The van der Waals surface area contributed by atoms with E-state index in [1.54, 1.807) is 11.3 Å². The van der Waals surface area contributed by atoms with Crippen LogP contribution in [0, 0.1) is 0 Å². The fraction of sp³-hybridized carbons (Fsp3) is 0.533. The van der Waals surface area contributed by atoms with Gasteiger partial charge in [-0.2, -0.15) is 0 Å². The van der Waals surface area contributed by atoms with E-state index < -0.39 is 0 Å². The Labute approximate surface area is 128 Å². The van der Waals surface area contributed by atoms with Gasteiger partial charge in [0.25, 0.3) is 0 Å². The predicted octanol–water partition coefficient (Wildman–Crippen LogP) is 2.17. The third kappa shape index (κ3) is 4.14. The van der Waals surface area contributed by atoms with Crippen LogP contribution in [0.2, 0.25) is 0 Å². The molecule has 114 valence electrons. The quantitative estimate of drug-likeness (QED) is 0.808. The van der Waals surface area contributed by atoms with E-state index in [1.165, 1.54) is 4.70 Å². The van der Waals surface area contributed by atoms with E-state index in [4.69, 9.17) is 19.2 Å². The molecular weight excluding hydrogens is 288 g/mol. The lowest BCUT2D eigenvalue weighted by Gasteiger charge is -2.22. The Morgan fingerprint density at radius 3 is 2.14 bits per heavy atom. The average molecular weight is 308 g/mol. The van der Waals surface area contributed by atoms with Crippen LogP contribution < -0.4 is 4.90 Å². The van der Waals surface area contributed by atoms with Gasteiger partial charge in [-0.05, 0) is 12.1 Å². The van der Waals surface area contributed by atoms with Crippen LogP contribution in [0.25, 0.3) is 10.2 Å². The average Bonchev–Trinajstić information content (AvgIpc) is 2.91. The second kappa shape index (κ2) is 7.70. The highest BCUT2D eigenvalue weighted by atomic mass is 32.1. The van der Waals surface area contributed by atoms with Crippen LogP contribution in [-0.2, 0) is 14.2 Å². The smallest absolute Gasteiger partial charge is 0.186 e. The van der Waals surface area contributed by atoms with Crippen molar-refractivity contribution in [2.45, 2.75) is 0 Å². The molecule has 3 rings (SSSR count). The van der Waals surface area contributed by atoms with Crippen molar-refractivity contribution in [2.75, 3.05) is 57.6 Å². The zero-order valence-electron chi connectivity index (χ0n) is 12.0. The monoisotopic (exact) mass is 308 g/mol. The summed E-state index contributed by atoms with van der Waals surface area (Å²) < 4.78 is 17.8. The molecule has 1 aromatic carbocycles. The van der Waals surface area contributed by atoms with Crippen molar-refractivity contribution in [3.63, 3.8) is 0 Å². The molecule has 0 saturated carbocycles. The van der Waals surface area contributed by atoms with Gasteiger partial charge in [-0.15, -0.1) is 0 Å². The number of hydrogen-bond acceptors (Lipinski definition) is 6. The van der Waals surface area contributed by atoms with Crippen LogP contribution in [0.5, 0.6) is 0 Å². The van der Waals surface area contributed by atoms with E-state index in [2.05, 4.69) is 17.0 Å². The number of ether oxygens (including phenoxy) is 3. The standard InChI is InChI=1S/C15H20N2O3S/c1-2-4-14-13(3-1)16-15(21-14)17-5-7-18-9-11-20-12-10-19-8-6-17/h1-4H,5-12H2. The Bertz CT molecular complexity index is 516. The normalized spacial score (nSPS) is 19.1. The molecule has 5 nitrogen and oxygen atoms in total. The Morgan fingerprint density at radius 2 is 1.48 bits per heavy atom. The fourth-order valence-corrected chi connectivity index (χ4v) is 3.21. The second-order valence-electron chi connectivity index (χ2n) is 4.79. The van der Waals surface area contributed by atoms with Crippen molar-refractivity contribution >= 4 is 26.7 Å². The molecule has 1 aliphatic heterocycles. The van der Waals surface area contributed by atoms with Crippen molar-refractivity contribution in [3.8, 4) is 0 Å². The minimum atomic E-state index is 0.629. The topological polar surface area (TPSA) is 43.8 Å². The number of para-hydroxylation sites is 1. The first-order chi connectivity index (χ1) is 10.4. The molecule has 1 saturated heterocycles. The molecule has 1 aliphatic rings. The van der Waals surface area contributed by atoms with Crippen LogP contribution in [0.1, 0.15) is 0 Å². The molecule has 0 aliphatic carbocycles. The molecular formula is C15H20N2O3S. The lowest BCUT2D eigenvalue weighted by molar-refractivity contribution is 0.0126. The van der Waals surface area contributed by atoms with Crippen molar-refractivity contribution in [1.82, 2.24) is 4.98 Å². The van der Waals surface area contributed by atoms with Crippen LogP contribution in [0.15, 0.2) is 24.3 Å². The molecule has 1 fully saturated rings. The van der Waals surface area contributed by atoms with E-state index in [1.807, 2.05) is 12.1 Å². The summed E-state index contributed by atoms with van der Waals surface area (Å²) in [4.78, 5) is 6.96. The number of nitrogens with zero attached hydrogens (tertiary/aromatic N) is 2. The van der Waals surface area contributed by atoms with E-state index >= 15 is 0 Å². The molecule has 2 heterocycles. The summed E-state index contributed by atoms with van der Waals surface area (Å²) in [5.74, 6) is 0. The van der Waals surface area contributed by atoms with Gasteiger partial charge < -0.3 is 19.1 Å². The molecule has 1 aromatic heterocycles. The number of thiazole rings is 1. The Hall–Kier alpha value is -1.21. The van der Waals surface area contributed by atoms with Gasteiger partial charge in [-0.3, -0.25) is 0 Å². The largest absolute Gasteiger partial charge is 0.377 e. The Kier molecular flexibility index (Phi) is 5.40. The van der Waals surface area contributed by atoms with Crippen LogP contribution in [0.3, 0.4) is 0 Å². The van der Waals surface area contributed by atoms with Gasteiger partial charge in [0.2, 0.25) is 0 Å². The van der Waals surface area contributed by atoms with E-state index in [-0.39, 0.29) is 0 Å². The highest BCUT2D eigenvalue weighted by molar-refractivity contribution is 7.22. The Morgan fingerprint density at radius 1 is 0.857 bits per heavy atom. The molecule has 0 amide bonds. The summed E-state index contributed by atoms with van der Waals surface area (Å²) >= 11 is 1.72. The maximum Gasteiger partial charge on any atom is 0.186 e. The highest BCUT2D eigenvalue weighted by Crippen LogP contribution is 2.28. The molecule has 2 aromatic rings. The van der Waals surface area contributed by atoms with Crippen LogP contribution in [0.4, 0.5) is 5.13 Å². The minimum Gasteiger partial charge on any atom is -0.377 e. The van der Waals surface area contributed by atoms with E-state index in [9.17, 15) is 0 Å². The highest BCUT2D eigenvalue weighted by Gasteiger charge is 2.12. The second-order valence-corrected chi connectivity index (χ2v) is 5.80. The molecule has 0 spiro atoms. The van der Waals surface area contributed by atoms with Gasteiger partial charge in [0.15, 0.2) is 5.13 Å². The summed E-state index contributed by atoms with van der Waals surface area (Å²) in [6.45, 7) is 5.53. The van der Waals surface area contributed by atoms with Crippen LogP contribution in [-0.4, -0.2) is 57.7 Å². The lowest BCUT2D eigenvalue weighted by Crippen LogP contribution is -2.32. The molecule has 0 bridgehead atoms. The van der Waals surface area contributed by atoms with Gasteiger partial charge in [0, 0.05) is 13.1 Å². The first-order valence-corrected chi connectivity index (χ1v) is 8.09. The first-order valence-electron chi connectivity index (χ1n) is 7.27. The number of fused-ring (bicyclic) bond motifs is 1. The maximum atomic E-state index is 5.60. The van der Waals surface area contributed by atoms with Crippen molar-refractivity contribution in [1.29, 1.82) is 0 Å². The molecule has 0 radical (unpaired) electrons. The molecule has 0 N–H and O–H groups in total. The number of aromatic nitrogens is 1. The van der Waals surface area contributed by atoms with Gasteiger partial charge in [-0.25, -0.2) is 4.98 Å². The Balaban J connectivity index is 1.69. The summed E-state index contributed by atoms with van der Waals surface area (Å²) in [7, 11) is 0. The molecule has 0 unspecified atom stereocenters. The summed E-state index contributed by atoms with van der Waals surface area (Å²) in [5.41, 5.74) is 1.05. The van der Waals surface area contributed by atoms with Crippen molar-refractivity contribution in [3.05, 3.63) is 24.3 Å².